The molecule has 3 aromatic carbocycles. The van der Waals surface area contributed by atoms with Crippen LogP contribution >= 0.6 is 0 Å². The van der Waals surface area contributed by atoms with E-state index in [2.05, 4.69) is 91.0 Å². The Morgan fingerprint density at radius 3 is 1.52 bits per heavy atom. The zero-order valence-electron chi connectivity index (χ0n) is 11.6. The van der Waals surface area contributed by atoms with Crippen molar-refractivity contribution in [3.63, 3.8) is 0 Å². The quantitative estimate of drug-likeness (QED) is 0.380. The zero-order chi connectivity index (χ0) is 14.1. The van der Waals surface area contributed by atoms with Crippen molar-refractivity contribution in [1.82, 2.24) is 0 Å². The van der Waals surface area contributed by atoms with E-state index in [-0.39, 0.29) is 0 Å². The standard InChI is InChI=1S/C14H10.C6H5.Bi/c1-3-7-13(8-4-1)11-12-14-9-5-2-6-10-14;1-2-4-6-5-3-1;/h1-7,9,11-12H;1-5H;. The Kier molecular flexibility index (Phi) is 3.45. The van der Waals surface area contributed by atoms with E-state index in [1.165, 1.54) is 11.1 Å². The fraction of sp³-hybridized carbons (Fsp3) is 0. The summed E-state index contributed by atoms with van der Waals surface area (Å²) in [6, 6.07) is 28.9. The summed E-state index contributed by atoms with van der Waals surface area (Å²) in [5, 5.41) is 0. The van der Waals surface area contributed by atoms with Crippen LogP contribution in [-0.2, 0) is 0 Å². The van der Waals surface area contributed by atoms with E-state index in [1.54, 1.807) is 9.81 Å². The topological polar surface area (TPSA) is 0 Å². The van der Waals surface area contributed by atoms with Gasteiger partial charge < -0.3 is 0 Å². The van der Waals surface area contributed by atoms with Gasteiger partial charge in [0.25, 0.3) is 0 Å². The van der Waals surface area contributed by atoms with E-state index >= 15 is 0 Å². The van der Waals surface area contributed by atoms with Crippen molar-refractivity contribution in [1.29, 1.82) is 0 Å². The fourth-order valence-corrected chi connectivity index (χ4v) is 12.8. The molecule has 1 aliphatic rings. The second kappa shape index (κ2) is 5.58. The van der Waals surface area contributed by atoms with Gasteiger partial charge in [0, 0.05) is 0 Å². The average Bonchev–Trinajstić information content (AvgIpc) is 2.72. The van der Waals surface area contributed by atoms with E-state index < -0.39 is 21.8 Å². The summed E-state index contributed by atoms with van der Waals surface area (Å²) in [6.07, 6.45) is 4.57. The van der Waals surface area contributed by atoms with Crippen molar-refractivity contribution in [2.75, 3.05) is 0 Å². The Bertz CT molecular complexity index is 753. The molecular formula is C20H15Bi. The van der Waals surface area contributed by atoms with Crippen LogP contribution in [0.15, 0.2) is 78.9 Å². The molecule has 0 amide bonds. The average molecular weight is 464 g/mol. The van der Waals surface area contributed by atoms with Crippen LogP contribution in [0.25, 0.3) is 12.2 Å². The van der Waals surface area contributed by atoms with Gasteiger partial charge in [0.15, 0.2) is 0 Å². The third-order valence-corrected chi connectivity index (χ3v) is 13.9. The molecule has 1 aliphatic heterocycles. The zero-order valence-corrected chi connectivity index (χ0v) is 15.1. The minimum atomic E-state index is -2.17. The predicted octanol–water partition coefficient (Wildman–Crippen LogP) is 2.69. The molecule has 3 aromatic rings. The Morgan fingerprint density at radius 1 is 0.476 bits per heavy atom. The summed E-state index contributed by atoms with van der Waals surface area (Å²) in [6.45, 7) is 0. The molecule has 0 N–H and O–H groups in total. The molecule has 0 aliphatic carbocycles. The van der Waals surface area contributed by atoms with E-state index in [1.807, 2.05) is 0 Å². The molecule has 21 heavy (non-hydrogen) atoms. The van der Waals surface area contributed by atoms with Gasteiger partial charge in [-0.15, -0.1) is 0 Å². The van der Waals surface area contributed by atoms with Crippen LogP contribution in [-0.4, -0.2) is 21.8 Å². The first kappa shape index (κ1) is 13.0. The van der Waals surface area contributed by atoms with Crippen LogP contribution in [0.3, 0.4) is 0 Å². The van der Waals surface area contributed by atoms with Crippen molar-refractivity contribution in [2.45, 2.75) is 0 Å². The van der Waals surface area contributed by atoms with Gasteiger partial charge in [0.2, 0.25) is 0 Å². The molecule has 0 unspecified atom stereocenters. The van der Waals surface area contributed by atoms with Gasteiger partial charge in [0.05, 0.1) is 0 Å². The number of benzene rings is 3. The molecule has 0 spiro atoms. The van der Waals surface area contributed by atoms with Crippen LogP contribution < -0.4 is 9.81 Å². The summed E-state index contributed by atoms with van der Waals surface area (Å²) in [5.41, 5.74) is 2.80. The molecule has 0 saturated heterocycles. The van der Waals surface area contributed by atoms with Gasteiger partial charge in [-0.05, 0) is 0 Å². The summed E-state index contributed by atoms with van der Waals surface area (Å²) in [7, 11) is 0. The van der Waals surface area contributed by atoms with Crippen molar-refractivity contribution < 1.29 is 0 Å². The van der Waals surface area contributed by atoms with Crippen molar-refractivity contribution >= 4 is 43.7 Å². The number of rotatable bonds is 1. The van der Waals surface area contributed by atoms with Gasteiger partial charge in [0.1, 0.15) is 0 Å². The van der Waals surface area contributed by atoms with Crippen LogP contribution in [0.2, 0.25) is 0 Å². The molecule has 0 nitrogen and oxygen atoms in total. The van der Waals surface area contributed by atoms with Crippen LogP contribution in [0.1, 0.15) is 11.1 Å². The molecule has 0 bridgehead atoms. The molecule has 100 valence electrons. The molecule has 1 heteroatoms. The summed E-state index contributed by atoms with van der Waals surface area (Å²) in [4.78, 5) is 0. The van der Waals surface area contributed by atoms with E-state index in [4.69, 9.17) is 0 Å². The van der Waals surface area contributed by atoms with Gasteiger partial charge in [-0.25, -0.2) is 0 Å². The second-order valence-electron chi connectivity index (χ2n) is 5.12. The van der Waals surface area contributed by atoms with Crippen LogP contribution in [0.4, 0.5) is 0 Å². The van der Waals surface area contributed by atoms with Crippen LogP contribution in [0.5, 0.6) is 0 Å². The molecule has 0 saturated carbocycles. The molecule has 0 radical (unpaired) electrons. The fourth-order valence-electron chi connectivity index (χ4n) is 2.83. The molecule has 0 atom stereocenters. The monoisotopic (exact) mass is 464 g/mol. The summed E-state index contributed by atoms with van der Waals surface area (Å²) >= 11 is -2.17. The van der Waals surface area contributed by atoms with Gasteiger partial charge in [-0.1, -0.05) is 0 Å². The number of hydrogen-bond donors (Lipinski definition) is 0. The van der Waals surface area contributed by atoms with Crippen molar-refractivity contribution in [2.24, 2.45) is 0 Å². The van der Waals surface area contributed by atoms with Crippen LogP contribution in [0, 0.1) is 0 Å². The summed E-state index contributed by atoms with van der Waals surface area (Å²) in [5.74, 6) is 0. The van der Waals surface area contributed by atoms with Crippen molar-refractivity contribution in [3.8, 4) is 0 Å². The molecule has 0 fully saturated rings. The van der Waals surface area contributed by atoms with Gasteiger partial charge in [-0.2, -0.15) is 0 Å². The van der Waals surface area contributed by atoms with Crippen molar-refractivity contribution in [3.05, 3.63) is 90.0 Å². The maximum atomic E-state index is 2.34. The first-order valence-electron chi connectivity index (χ1n) is 7.15. The SMILES string of the molecule is C1=Cc2cccc[c]2[Bi]([c]2ccccc2)[c]2ccccc21. The normalized spacial score (nSPS) is 13.3. The van der Waals surface area contributed by atoms with Gasteiger partial charge in [-0.3, -0.25) is 0 Å². The molecule has 1 heterocycles. The number of hydrogen-bond acceptors (Lipinski definition) is 0. The second-order valence-corrected chi connectivity index (χ2v) is 13.5. The molecular weight excluding hydrogens is 449 g/mol. The van der Waals surface area contributed by atoms with Gasteiger partial charge >= 0.3 is 134 Å². The predicted molar refractivity (Wildman–Crippen MR) is 92.9 cm³/mol. The third kappa shape index (κ3) is 2.36. The Morgan fingerprint density at radius 2 is 0.952 bits per heavy atom. The Balaban J connectivity index is 2.02. The minimum absolute atomic E-state index is 1.40. The Labute approximate surface area is 133 Å². The summed E-state index contributed by atoms with van der Waals surface area (Å²) < 4.78 is 4.72. The first-order chi connectivity index (χ1) is 10.4. The molecule has 4 rings (SSSR count). The third-order valence-electron chi connectivity index (χ3n) is 3.81. The Hall–Kier alpha value is -1.72. The van der Waals surface area contributed by atoms with E-state index in [9.17, 15) is 0 Å². The number of fused-ring (bicyclic) bond motifs is 2. The first-order valence-corrected chi connectivity index (χ1v) is 12.4. The molecule has 0 aromatic heterocycles. The van der Waals surface area contributed by atoms with E-state index in [0.717, 1.165) is 0 Å². The maximum absolute atomic E-state index is 2.34. The van der Waals surface area contributed by atoms with E-state index in [0.29, 0.717) is 0 Å².